The third-order valence-electron chi connectivity index (χ3n) is 4.75. The van der Waals surface area contributed by atoms with Crippen molar-refractivity contribution in [3.05, 3.63) is 24.4 Å². The standard InChI is InChI=1S/C20H21N3O6S/c1-20(2)27-10-12(29-20)9-26-15-5-11(24-3)6-16-13(15)7-17(28-16)14-8-23-18(21-14)30-19(22-23)25-4/h5-8,12H,9-10H2,1-4H3/t12-/m1/s1. The number of aromatic nitrogens is 3. The van der Waals surface area contributed by atoms with Crippen LogP contribution in [0, 0.1) is 0 Å². The molecular formula is C20H21N3O6S. The predicted molar refractivity (Wildman–Crippen MR) is 110 cm³/mol. The first-order valence-electron chi connectivity index (χ1n) is 9.41. The molecule has 9 nitrogen and oxygen atoms in total. The van der Waals surface area contributed by atoms with E-state index >= 15 is 0 Å². The van der Waals surface area contributed by atoms with Crippen molar-refractivity contribution in [2.45, 2.75) is 25.7 Å². The van der Waals surface area contributed by atoms with Crippen LogP contribution in [0.5, 0.6) is 16.7 Å². The van der Waals surface area contributed by atoms with Crippen LogP contribution < -0.4 is 14.2 Å². The maximum absolute atomic E-state index is 6.07. The van der Waals surface area contributed by atoms with Gasteiger partial charge >= 0.3 is 0 Å². The average Bonchev–Trinajstić information content (AvgIpc) is 3.46. The Morgan fingerprint density at radius 3 is 2.80 bits per heavy atom. The van der Waals surface area contributed by atoms with Crippen LogP contribution in [0.2, 0.25) is 0 Å². The molecule has 4 heterocycles. The highest BCUT2D eigenvalue weighted by Crippen LogP contribution is 2.37. The highest BCUT2D eigenvalue weighted by Gasteiger charge is 2.33. The van der Waals surface area contributed by atoms with Crippen molar-refractivity contribution >= 4 is 27.3 Å². The zero-order chi connectivity index (χ0) is 20.9. The number of hydrogen-bond acceptors (Lipinski definition) is 9. The minimum Gasteiger partial charge on any atom is -0.496 e. The van der Waals surface area contributed by atoms with E-state index < -0.39 is 5.79 Å². The van der Waals surface area contributed by atoms with E-state index in [1.165, 1.54) is 11.3 Å². The van der Waals surface area contributed by atoms with Crippen LogP contribution in [0.1, 0.15) is 13.8 Å². The molecule has 1 aromatic carbocycles. The maximum Gasteiger partial charge on any atom is 0.294 e. The maximum atomic E-state index is 6.07. The van der Waals surface area contributed by atoms with Crippen molar-refractivity contribution in [1.82, 2.24) is 14.6 Å². The molecule has 4 aromatic rings. The number of imidazole rings is 1. The van der Waals surface area contributed by atoms with Gasteiger partial charge in [-0.1, -0.05) is 0 Å². The number of fused-ring (bicyclic) bond motifs is 2. The number of rotatable bonds is 6. The van der Waals surface area contributed by atoms with E-state index in [-0.39, 0.29) is 6.10 Å². The molecule has 0 aliphatic carbocycles. The van der Waals surface area contributed by atoms with E-state index in [1.54, 1.807) is 24.9 Å². The molecule has 0 N–H and O–H groups in total. The van der Waals surface area contributed by atoms with E-state index in [0.29, 0.717) is 46.9 Å². The predicted octanol–water partition coefficient (Wildman–Crippen LogP) is 3.75. The summed E-state index contributed by atoms with van der Waals surface area (Å²) in [4.78, 5) is 5.30. The van der Waals surface area contributed by atoms with Crippen LogP contribution in [0.4, 0.5) is 0 Å². The van der Waals surface area contributed by atoms with Crippen LogP contribution in [-0.4, -0.2) is 53.9 Å². The second kappa shape index (κ2) is 7.15. The van der Waals surface area contributed by atoms with Crippen LogP contribution in [0.3, 0.4) is 0 Å². The molecule has 30 heavy (non-hydrogen) atoms. The third-order valence-corrected chi connectivity index (χ3v) is 5.64. The van der Waals surface area contributed by atoms with Gasteiger partial charge in [0.1, 0.15) is 35.5 Å². The van der Waals surface area contributed by atoms with Crippen molar-refractivity contribution in [2.75, 3.05) is 27.4 Å². The molecule has 1 saturated heterocycles. The number of nitrogens with zero attached hydrogens (tertiary/aromatic N) is 3. The van der Waals surface area contributed by atoms with Crippen LogP contribution in [0.25, 0.3) is 27.4 Å². The summed E-state index contributed by atoms with van der Waals surface area (Å²) in [5.74, 6) is 1.31. The minimum atomic E-state index is -0.592. The van der Waals surface area contributed by atoms with Crippen molar-refractivity contribution in [3.63, 3.8) is 0 Å². The summed E-state index contributed by atoms with van der Waals surface area (Å²) in [6, 6.07) is 5.56. The molecule has 158 valence electrons. The molecule has 10 heteroatoms. The van der Waals surface area contributed by atoms with Gasteiger partial charge in [-0.3, -0.25) is 0 Å². The Kier molecular flexibility index (Phi) is 4.57. The molecule has 1 aliphatic rings. The van der Waals surface area contributed by atoms with Crippen molar-refractivity contribution in [1.29, 1.82) is 0 Å². The van der Waals surface area contributed by atoms with Gasteiger partial charge in [-0.2, -0.15) is 0 Å². The van der Waals surface area contributed by atoms with Gasteiger partial charge in [0.25, 0.3) is 5.19 Å². The van der Waals surface area contributed by atoms with Gasteiger partial charge in [0.05, 0.1) is 32.4 Å². The van der Waals surface area contributed by atoms with Gasteiger partial charge in [0.2, 0.25) is 4.96 Å². The number of benzene rings is 1. The van der Waals surface area contributed by atoms with Gasteiger partial charge < -0.3 is 28.1 Å². The average molecular weight is 431 g/mol. The van der Waals surface area contributed by atoms with Crippen molar-refractivity contribution < 1.29 is 28.1 Å². The van der Waals surface area contributed by atoms with E-state index in [2.05, 4.69) is 10.1 Å². The van der Waals surface area contributed by atoms with Gasteiger partial charge in [0.15, 0.2) is 11.5 Å². The molecule has 1 fully saturated rings. The molecule has 0 unspecified atom stereocenters. The molecule has 0 bridgehead atoms. The van der Waals surface area contributed by atoms with Gasteiger partial charge in [-0.15, -0.1) is 5.10 Å². The van der Waals surface area contributed by atoms with E-state index in [0.717, 1.165) is 10.3 Å². The van der Waals surface area contributed by atoms with Crippen molar-refractivity contribution in [2.24, 2.45) is 0 Å². The molecular weight excluding hydrogens is 410 g/mol. The van der Waals surface area contributed by atoms with Crippen LogP contribution >= 0.6 is 11.3 Å². The Hall–Kier alpha value is -2.82. The summed E-state index contributed by atoms with van der Waals surface area (Å²) in [5, 5.41) is 5.68. The first-order valence-corrected chi connectivity index (χ1v) is 10.2. The lowest BCUT2D eigenvalue weighted by molar-refractivity contribution is -0.141. The van der Waals surface area contributed by atoms with E-state index in [1.807, 2.05) is 32.0 Å². The minimum absolute atomic E-state index is 0.145. The van der Waals surface area contributed by atoms with Crippen LogP contribution in [-0.2, 0) is 9.47 Å². The summed E-state index contributed by atoms with van der Waals surface area (Å²) in [7, 11) is 3.19. The summed E-state index contributed by atoms with van der Waals surface area (Å²) in [6.07, 6.45) is 1.66. The molecule has 5 rings (SSSR count). The fourth-order valence-electron chi connectivity index (χ4n) is 3.36. The molecule has 0 radical (unpaired) electrons. The number of ether oxygens (including phenoxy) is 5. The molecule has 0 saturated carbocycles. The lowest BCUT2D eigenvalue weighted by Gasteiger charge is -2.17. The van der Waals surface area contributed by atoms with Gasteiger partial charge in [0, 0.05) is 12.1 Å². The fourth-order valence-corrected chi connectivity index (χ4v) is 4.06. The number of furan rings is 1. The Bertz CT molecular complexity index is 1180. The quantitative estimate of drug-likeness (QED) is 0.456. The Labute approximate surface area is 176 Å². The smallest absolute Gasteiger partial charge is 0.294 e. The van der Waals surface area contributed by atoms with Crippen LogP contribution in [0.15, 0.2) is 28.8 Å². The summed E-state index contributed by atoms with van der Waals surface area (Å²) in [6.45, 7) is 4.62. The van der Waals surface area contributed by atoms with E-state index in [9.17, 15) is 0 Å². The lowest BCUT2D eigenvalue weighted by Crippen LogP contribution is -2.25. The molecule has 3 aromatic heterocycles. The normalized spacial score (nSPS) is 18.3. The highest BCUT2D eigenvalue weighted by atomic mass is 32.1. The largest absolute Gasteiger partial charge is 0.496 e. The Morgan fingerprint density at radius 1 is 1.23 bits per heavy atom. The molecule has 0 spiro atoms. The number of hydrogen-bond donors (Lipinski definition) is 0. The van der Waals surface area contributed by atoms with Gasteiger partial charge in [-0.05, 0) is 31.3 Å². The highest BCUT2D eigenvalue weighted by molar-refractivity contribution is 7.18. The second-order valence-electron chi connectivity index (χ2n) is 7.34. The van der Waals surface area contributed by atoms with Gasteiger partial charge in [-0.25, -0.2) is 9.50 Å². The SMILES string of the molecule is COc1cc(OC[C@@H]2COC(C)(C)O2)c2cc(-c3cn4nc(OC)sc4n3)oc2c1. The summed E-state index contributed by atoms with van der Waals surface area (Å²) >= 11 is 1.36. The zero-order valence-corrected chi connectivity index (χ0v) is 17.8. The summed E-state index contributed by atoms with van der Waals surface area (Å²) < 4.78 is 35.8. The first kappa shape index (κ1) is 19.2. The molecule has 1 atom stereocenters. The Balaban J connectivity index is 1.46. The molecule has 1 aliphatic heterocycles. The lowest BCUT2D eigenvalue weighted by atomic mass is 10.2. The molecule has 0 amide bonds. The van der Waals surface area contributed by atoms with E-state index in [4.69, 9.17) is 28.1 Å². The second-order valence-corrected chi connectivity index (χ2v) is 8.25. The Morgan fingerprint density at radius 2 is 2.10 bits per heavy atom. The summed E-state index contributed by atoms with van der Waals surface area (Å²) in [5.41, 5.74) is 1.32. The fraction of sp³-hybridized carbons (Fsp3) is 0.400. The zero-order valence-electron chi connectivity index (χ0n) is 17.0. The van der Waals surface area contributed by atoms with Crippen molar-refractivity contribution in [3.8, 4) is 28.1 Å². The topological polar surface area (TPSA) is 89.5 Å². The first-order chi connectivity index (χ1) is 14.4. The third kappa shape index (κ3) is 3.47. The number of methoxy groups -OCH3 is 2. The monoisotopic (exact) mass is 431 g/mol.